The van der Waals surface area contributed by atoms with Gasteiger partial charge >= 0.3 is 5.97 Å². The molecule has 2 aliphatic rings. The van der Waals surface area contributed by atoms with Crippen molar-refractivity contribution in [2.24, 2.45) is 0 Å². The van der Waals surface area contributed by atoms with Crippen molar-refractivity contribution < 1.29 is 14.7 Å². The van der Waals surface area contributed by atoms with Crippen LogP contribution in [0.2, 0.25) is 0 Å². The Morgan fingerprint density at radius 2 is 2.20 bits per heavy atom. The fourth-order valence-corrected chi connectivity index (χ4v) is 4.22. The van der Waals surface area contributed by atoms with E-state index in [9.17, 15) is 14.7 Å². The number of hydrogen-bond donors (Lipinski definition) is 3. The summed E-state index contributed by atoms with van der Waals surface area (Å²) in [5.41, 5.74) is 2.18. The zero-order valence-corrected chi connectivity index (χ0v) is 14.0. The molecule has 1 saturated heterocycles. The number of thioether (sulfide) groups is 1. The normalized spacial score (nSPS) is 22.0. The van der Waals surface area contributed by atoms with Crippen molar-refractivity contribution in [3.8, 4) is 0 Å². The molecule has 1 fully saturated rings. The van der Waals surface area contributed by atoms with Gasteiger partial charge in [-0.25, -0.2) is 9.78 Å². The van der Waals surface area contributed by atoms with Crippen molar-refractivity contribution in [2.75, 3.05) is 11.1 Å². The first-order chi connectivity index (χ1) is 12.1. The lowest BCUT2D eigenvalue weighted by Crippen LogP contribution is -2.67. The number of H-pyrrole nitrogens is 1. The monoisotopic (exact) mass is 356 g/mol. The molecule has 2 aromatic rings. The van der Waals surface area contributed by atoms with Crippen LogP contribution < -0.4 is 5.32 Å². The van der Waals surface area contributed by atoms with Crippen molar-refractivity contribution in [1.82, 2.24) is 14.9 Å². The first-order valence-corrected chi connectivity index (χ1v) is 8.91. The Bertz CT molecular complexity index is 849. The highest BCUT2D eigenvalue weighted by Gasteiger charge is 2.52. The number of carbonyl (C=O) groups is 2. The number of carbonyl (C=O) groups excluding carboxylic acids is 1. The van der Waals surface area contributed by atoms with Gasteiger partial charge in [0.25, 0.3) is 5.91 Å². The van der Waals surface area contributed by atoms with Crippen LogP contribution in [0.15, 0.2) is 48.3 Å². The van der Waals surface area contributed by atoms with Crippen LogP contribution in [-0.2, 0) is 16.0 Å². The van der Waals surface area contributed by atoms with Gasteiger partial charge in [-0.05, 0) is 11.6 Å². The molecule has 8 heteroatoms. The van der Waals surface area contributed by atoms with Crippen LogP contribution in [0, 0.1) is 0 Å². The molecule has 1 aromatic carbocycles. The zero-order chi connectivity index (χ0) is 17.4. The Balaban J connectivity index is 1.43. The number of anilines is 1. The van der Waals surface area contributed by atoms with Crippen LogP contribution in [-0.4, -0.2) is 49.0 Å². The molecule has 25 heavy (non-hydrogen) atoms. The summed E-state index contributed by atoms with van der Waals surface area (Å²) in [5, 5.41) is 12.1. The Morgan fingerprint density at radius 1 is 1.40 bits per heavy atom. The number of hydrogen-bond acceptors (Lipinski definition) is 5. The van der Waals surface area contributed by atoms with Crippen molar-refractivity contribution in [3.05, 3.63) is 59.6 Å². The fourth-order valence-electron chi connectivity index (χ4n) is 3.02. The first kappa shape index (κ1) is 15.8. The molecule has 4 rings (SSSR count). The quantitative estimate of drug-likeness (QED) is 0.705. The lowest BCUT2D eigenvalue weighted by Gasteiger charge is -2.48. The number of aromatic amines is 1. The number of carboxylic acid groups (broad SMARTS) is 1. The number of fused-ring (bicyclic) bond motifs is 1. The average Bonchev–Trinajstić information content (AvgIpc) is 3.06. The summed E-state index contributed by atoms with van der Waals surface area (Å²) >= 11 is 1.54. The molecule has 7 nitrogen and oxygen atoms in total. The Labute approximate surface area is 148 Å². The predicted octanol–water partition coefficient (Wildman–Crippen LogP) is 1.66. The predicted molar refractivity (Wildman–Crippen MR) is 94.1 cm³/mol. The Hall–Kier alpha value is -2.74. The SMILES string of the molecule is O=C(O)C1=CCS[C@@H]2C(Nc3ncc(Cc4ccccc4)[nH]3)C(=O)N12. The summed E-state index contributed by atoms with van der Waals surface area (Å²) in [7, 11) is 0. The molecule has 0 spiro atoms. The number of rotatable bonds is 5. The number of carboxylic acids is 1. The first-order valence-electron chi connectivity index (χ1n) is 7.86. The minimum Gasteiger partial charge on any atom is -0.477 e. The maximum Gasteiger partial charge on any atom is 0.352 e. The van der Waals surface area contributed by atoms with Crippen LogP contribution in [0.25, 0.3) is 0 Å². The molecule has 1 unspecified atom stereocenters. The molecule has 1 amide bonds. The van der Waals surface area contributed by atoms with Gasteiger partial charge in [-0.1, -0.05) is 30.3 Å². The van der Waals surface area contributed by atoms with Crippen molar-refractivity contribution >= 4 is 29.6 Å². The number of nitrogens with zero attached hydrogens (tertiary/aromatic N) is 2. The van der Waals surface area contributed by atoms with E-state index in [1.807, 2.05) is 30.3 Å². The second-order valence-electron chi connectivity index (χ2n) is 5.87. The van der Waals surface area contributed by atoms with Gasteiger partial charge in [0.05, 0.1) is 6.20 Å². The third-order valence-corrected chi connectivity index (χ3v) is 5.41. The number of β-lactam (4-membered cyclic amide) rings is 1. The summed E-state index contributed by atoms with van der Waals surface area (Å²) in [4.78, 5) is 32.3. The zero-order valence-electron chi connectivity index (χ0n) is 13.2. The second kappa shape index (κ2) is 6.29. The summed E-state index contributed by atoms with van der Waals surface area (Å²) in [5.74, 6) is -0.214. The molecule has 0 radical (unpaired) electrons. The molecule has 1 aromatic heterocycles. The van der Waals surface area contributed by atoms with Gasteiger partial charge in [-0.15, -0.1) is 11.8 Å². The Kier molecular flexibility index (Phi) is 3.96. The van der Waals surface area contributed by atoms with E-state index in [0.29, 0.717) is 11.7 Å². The van der Waals surface area contributed by atoms with Crippen molar-refractivity contribution in [3.63, 3.8) is 0 Å². The molecular weight excluding hydrogens is 340 g/mol. The number of nitrogens with one attached hydrogen (secondary N) is 2. The highest BCUT2D eigenvalue weighted by molar-refractivity contribution is 8.00. The van der Waals surface area contributed by atoms with Gasteiger partial charge in [0.2, 0.25) is 5.95 Å². The molecule has 3 heterocycles. The lowest BCUT2D eigenvalue weighted by atomic mass is 10.1. The van der Waals surface area contributed by atoms with Crippen LogP contribution in [0.1, 0.15) is 11.3 Å². The van der Waals surface area contributed by atoms with Crippen LogP contribution >= 0.6 is 11.8 Å². The van der Waals surface area contributed by atoms with Gasteiger partial charge in [0.1, 0.15) is 17.1 Å². The second-order valence-corrected chi connectivity index (χ2v) is 7.02. The number of aliphatic carboxylic acids is 1. The smallest absolute Gasteiger partial charge is 0.352 e. The van der Waals surface area contributed by atoms with E-state index >= 15 is 0 Å². The highest BCUT2D eigenvalue weighted by Crippen LogP contribution is 2.38. The van der Waals surface area contributed by atoms with E-state index in [1.54, 1.807) is 12.3 Å². The largest absolute Gasteiger partial charge is 0.477 e. The number of amides is 1. The van der Waals surface area contributed by atoms with Gasteiger partial charge in [0.15, 0.2) is 0 Å². The summed E-state index contributed by atoms with van der Waals surface area (Å²) in [6.07, 6.45) is 4.04. The van der Waals surface area contributed by atoms with E-state index in [-0.39, 0.29) is 17.0 Å². The number of aromatic nitrogens is 2. The Morgan fingerprint density at radius 3 is 2.96 bits per heavy atom. The maximum absolute atomic E-state index is 12.3. The van der Waals surface area contributed by atoms with Crippen molar-refractivity contribution in [2.45, 2.75) is 17.8 Å². The molecule has 128 valence electrons. The van der Waals surface area contributed by atoms with Gasteiger partial charge in [-0.3, -0.25) is 9.69 Å². The molecule has 3 N–H and O–H groups in total. The van der Waals surface area contributed by atoms with Gasteiger partial charge < -0.3 is 15.4 Å². The van der Waals surface area contributed by atoms with Crippen molar-refractivity contribution in [1.29, 1.82) is 0 Å². The van der Waals surface area contributed by atoms with E-state index < -0.39 is 12.0 Å². The summed E-state index contributed by atoms with van der Waals surface area (Å²) in [6.45, 7) is 0. The third kappa shape index (κ3) is 2.89. The maximum atomic E-state index is 12.3. The molecule has 2 aliphatic heterocycles. The fraction of sp³-hybridized carbons (Fsp3) is 0.235. The molecular formula is C17H16N4O3S. The molecule has 0 aliphatic carbocycles. The minimum absolute atomic E-state index is 0.0658. The van der Waals surface area contributed by atoms with Gasteiger partial charge in [-0.2, -0.15) is 0 Å². The van der Waals surface area contributed by atoms with Crippen LogP contribution in [0.4, 0.5) is 5.95 Å². The topological polar surface area (TPSA) is 98.3 Å². The van der Waals surface area contributed by atoms with Gasteiger partial charge in [0, 0.05) is 17.9 Å². The van der Waals surface area contributed by atoms with E-state index in [0.717, 1.165) is 12.1 Å². The van der Waals surface area contributed by atoms with E-state index in [1.165, 1.54) is 22.2 Å². The molecule has 0 bridgehead atoms. The average molecular weight is 356 g/mol. The van der Waals surface area contributed by atoms with E-state index in [4.69, 9.17) is 0 Å². The van der Waals surface area contributed by atoms with E-state index in [2.05, 4.69) is 15.3 Å². The third-order valence-electron chi connectivity index (χ3n) is 4.22. The lowest BCUT2D eigenvalue weighted by molar-refractivity contribution is -0.147. The standard InChI is InChI=1S/C17H16N4O3S/c22-14-13(15-21(14)12(16(23)24)6-7-25-15)20-17-18-9-11(19-17)8-10-4-2-1-3-5-10/h1-6,9,13,15H,7-8H2,(H,23,24)(H2,18,19,20)/t13?,15-/m1/s1. The summed E-state index contributed by atoms with van der Waals surface area (Å²) < 4.78 is 0. The van der Waals surface area contributed by atoms with Crippen LogP contribution in [0.5, 0.6) is 0 Å². The number of imidazole rings is 1. The highest BCUT2D eigenvalue weighted by atomic mass is 32.2. The molecule has 0 saturated carbocycles. The minimum atomic E-state index is -1.07. The summed E-state index contributed by atoms with van der Waals surface area (Å²) in [6, 6.07) is 9.56. The van der Waals surface area contributed by atoms with Crippen LogP contribution in [0.3, 0.4) is 0 Å². The number of benzene rings is 1. The molecule has 2 atom stereocenters.